The van der Waals surface area contributed by atoms with Crippen LogP contribution in [-0.4, -0.2) is 20.3 Å². The Bertz CT molecular complexity index is 1170. The zero-order chi connectivity index (χ0) is 21.0. The number of anilines is 1. The van der Waals surface area contributed by atoms with Crippen molar-refractivity contribution in [2.45, 2.75) is 6.54 Å². The van der Waals surface area contributed by atoms with Crippen molar-refractivity contribution in [3.8, 4) is 0 Å². The summed E-state index contributed by atoms with van der Waals surface area (Å²) in [7, 11) is 0. The molecule has 0 saturated carbocycles. The van der Waals surface area contributed by atoms with Gasteiger partial charge in [-0.1, -0.05) is 18.2 Å². The van der Waals surface area contributed by atoms with Gasteiger partial charge in [0.15, 0.2) is 0 Å². The number of non-ortho nitro benzene ring substituents is 2. The quantitative estimate of drug-likeness (QED) is 0.504. The third-order valence-electron chi connectivity index (χ3n) is 4.03. The molecule has 0 bridgehead atoms. The van der Waals surface area contributed by atoms with E-state index in [2.05, 4.69) is 5.32 Å². The molecule has 0 atom stereocenters. The van der Waals surface area contributed by atoms with Crippen LogP contribution in [-0.2, 0) is 6.54 Å². The van der Waals surface area contributed by atoms with Gasteiger partial charge in [-0.2, -0.15) is 0 Å². The van der Waals surface area contributed by atoms with E-state index in [9.17, 15) is 29.8 Å². The summed E-state index contributed by atoms with van der Waals surface area (Å²) in [6, 6.07) is 13.8. The van der Waals surface area contributed by atoms with Crippen molar-refractivity contribution in [1.29, 1.82) is 0 Å². The zero-order valence-corrected chi connectivity index (χ0v) is 14.8. The lowest BCUT2D eigenvalue weighted by molar-refractivity contribution is -0.385. The molecule has 10 heteroatoms. The summed E-state index contributed by atoms with van der Waals surface area (Å²) in [5, 5.41) is 24.3. The highest BCUT2D eigenvalue weighted by Crippen LogP contribution is 2.18. The largest absolute Gasteiger partial charge is 0.322 e. The van der Waals surface area contributed by atoms with Gasteiger partial charge in [-0.15, -0.1) is 0 Å². The molecule has 0 radical (unpaired) electrons. The molecular weight excluding hydrogens is 380 g/mol. The number of rotatable bonds is 6. The normalized spacial score (nSPS) is 10.3. The highest BCUT2D eigenvalue weighted by molar-refractivity contribution is 6.04. The predicted octanol–water partition coefficient (Wildman–Crippen LogP) is 2.97. The standard InChI is InChI=1S/C19H14N4O6/c24-18-8-7-14(19(25)20-15-4-2-6-17(10-15)23(28)29)12-21(18)11-13-3-1-5-16(9-13)22(26)27/h1-10,12H,11H2,(H,20,25). The minimum atomic E-state index is -0.575. The van der Waals surface area contributed by atoms with Crippen LogP contribution in [0.25, 0.3) is 0 Å². The number of hydrogen-bond donors (Lipinski definition) is 1. The minimum absolute atomic E-state index is 0.0401. The summed E-state index contributed by atoms with van der Waals surface area (Å²) in [5.41, 5.74) is 0.261. The number of nitrogens with one attached hydrogen (secondary N) is 1. The van der Waals surface area contributed by atoms with E-state index in [-0.39, 0.29) is 34.7 Å². The SMILES string of the molecule is O=C(Nc1cccc([N+](=O)[O-])c1)c1ccc(=O)n(Cc2cccc([N+](=O)[O-])c2)c1. The first-order chi connectivity index (χ1) is 13.8. The fraction of sp³-hybridized carbons (Fsp3) is 0.0526. The molecule has 10 nitrogen and oxygen atoms in total. The summed E-state index contributed by atoms with van der Waals surface area (Å²) in [6.07, 6.45) is 1.33. The Morgan fingerprint density at radius 3 is 2.28 bits per heavy atom. The van der Waals surface area contributed by atoms with Gasteiger partial charge in [-0.3, -0.25) is 29.8 Å². The van der Waals surface area contributed by atoms with E-state index in [1.165, 1.54) is 65.4 Å². The van der Waals surface area contributed by atoms with Gasteiger partial charge >= 0.3 is 0 Å². The maximum absolute atomic E-state index is 12.5. The summed E-state index contributed by atoms with van der Waals surface area (Å²) >= 11 is 0. The van der Waals surface area contributed by atoms with E-state index in [4.69, 9.17) is 0 Å². The third kappa shape index (κ3) is 4.69. The van der Waals surface area contributed by atoms with Gasteiger partial charge in [-0.25, -0.2) is 0 Å². The molecule has 0 unspecified atom stereocenters. The van der Waals surface area contributed by atoms with Crippen LogP contribution < -0.4 is 10.9 Å². The summed E-state index contributed by atoms with van der Waals surface area (Å²) in [6.45, 7) is 0.0401. The molecular formula is C19H14N4O6. The van der Waals surface area contributed by atoms with Crippen LogP contribution in [0.4, 0.5) is 17.1 Å². The number of carbonyl (C=O) groups excluding carboxylic acids is 1. The number of amides is 1. The molecule has 1 heterocycles. The van der Waals surface area contributed by atoms with Gasteiger partial charge in [-0.05, 0) is 17.7 Å². The number of nitrogens with zero attached hydrogens (tertiary/aromatic N) is 3. The molecule has 0 aliphatic heterocycles. The molecule has 0 spiro atoms. The van der Waals surface area contributed by atoms with E-state index in [1.54, 1.807) is 6.07 Å². The van der Waals surface area contributed by atoms with Crippen LogP contribution in [0.2, 0.25) is 0 Å². The molecule has 0 aliphatic rings. The van der Waals surface area contributed by atoms with Crippen molar-refractivity contribution in [3.63, 3.8) is 0 Å². The third-order valence-corrected chi connectivity index (χ3v) is 4.03. The average Bonchev–Trinajstić information content (AvgIpc) is 2.70. The maximum atomic E-state index is 12.5. The maximum Gasteiger partial charge on any atom is 0.271 e. The highest BCUT2D eigenvalue weighted by Gasteiger charge is 2.12. The molecule has 0 saturated heterocycles. The number of nitro groups is 2. The Morgan fingerprint density at radius 1 is 0.931 bits per heavy atom. The molecule has 3 rings (SSSR count). The smallest absolute Gasteiger partial charge is 0.271 e. The second-order valence-corrected chi connectivity index (χ2v) is 6.07. The van der Waals surface area contributed by atoms with E-state index in [0.29, 0.717) is 5.56 Å². The number of aromatic nitrogens is 1. The first-order valence-corrected chi connectivity index (χ1v) is 8.33. The van der Waals surface area contributed by atoms with E-state index in [0.717, 1.165) is 0 Å². The van der Waals surface area contributed by atoms with Crippen LogP contribution in [0, 0.1) is 20.2 Å². The minimum Gasteiger partial charge on any atom is -0.322 e. The second kappa shape index (κ2) is 8.13. The fourth-order valence-electron chi connectivity index (χ4n) is 2.65. The van der Waals surface area contributed by atoms with Crippen molar-refractivity contribution >= 4 is 23.0 Å². The van der Waals surface area contributed by atoms with Crippen LogP contribution in [0.5, 0.6) is 0 Å². The first-order valence-electron chi connectivity index (χ1n) is 8.33. The molecule has 1 N–H and O–H groups in total. The van der Waals surface area contributed by atoms with E-state index in [1.807, 2.05) is 0 Å². The number of hydrogen-bond acceptors (Lipinski definition) is 6. The Morgan fingerprint density at radius 2 is 1.59 bits per heavy atom. The lowest BCUT2D eigenvalue weighted by Crippen LogP contribution is -2.22. The van der Waals surface area contributed by atoms with Gasteiger partial charge in [0.25, 0.3) is 22.8 Å². The Hall–Kier alpha value is -4.34. The van der Waals surface area contributed by atoms with Crippen molar-refractivity contribution < 1.29 is 14.6 Å². The van der Waals surface area contributed by atoms with Crippen LogP contribution in [0.15, 0.2) is 71.7 Å². The number of nitro benzene ring substituents is 2. The van der Waals surface area contributed by atoms with Gasteiger partial charge < -0.3 is 9.88 Å². The molecule has 2 aromatic carbocycles. The molecule has 0 aliphatic carbocycles. The topological polar surface area (TPSA) is 137 Å². The lowest BCUT2D eigenvalue weighted by Gasteiger charge is -2.09. The monoisotopic (exact) mass is 394 g/mol. The Labute approximate surface area is 163 Å². The first kappa shape index (κ1) is 19.4. The predicted molar refractivity (Wildman–Crippen MR) is 104 cm³/mol. The summed E-state index contributed by atoms with van der Waals surface area (Å²) in [4.78, 5) is 45.2. The highest BCUT2D eigenvalue weighted by atomic mass is 16.6. The van der Waals surface area contributed by atoms with E-state index < -0.39 is 15.8 Å². The van der Waals surface area contributed by atoms with Crippen molar-refractivity contribution in [1.82, 2.24) is 4.57 Å². The number of carbonyl (C=O) groups is 1. The van der Waals surface area contributed by atoms with Gasteiger partial charge in [0.05, 0.1) is 22.0 Å². The van der Waals surface area contributed by atoms with Crippen molar-refractivity contribution in [3.05, 3.63) is 109 Å². The van der Waals surface area contributed by atoms with Crippen LogP contribution in [0.3, 0.4) is 0 Å². The van der Waals surface area contributed by atoms with Gasteiger partial charge in [0.2, 0.25) is 0 Å². The number of pyridine rings is 1. The van der Waals surface area contributed by atoms with Gasteiger partial charge in [0, 0.05) is 42.2 Å². The van der Waals surface area contributed by atoms with Crippen molar-refractivity contribution in [2.75, 3.05) is 5.32 Å². The molecule has 0 fully saturated rings. The van der Waals surface area contributed by atoms with Crippen LogP contribution in [0.1, 0.15) is 15.9 Å². The number of benzene rings is 2. The van der Waals surface area contributed by atoms with Crippen molar-refractivity contribution in [2.24, 2.45) is 0 Å². The molecule has 3 aromatic rings. The molecule has 1 aromatic heterocycles. The lowest BCUT2D eigenvalue weighted by atomic mass is 10.2. The molecule has 29 heavy (non-hydrogen) atoms. The van der Waals surface area contributed by atoms with Gasteiger partial charge in [0.1, 0.15) is 0 Å². The summed E-state index contributed by atoms with van der Waals surface area (Å²) < 4.78 is 1.25. The molecule has 146 valence electrons. The average molecular weight is 394 g/mol. The zero-order valence-electron chi connectivity index (χ0n) is 14.8. The second-order valence-electron chi connectivity index (χ2n) is 6.07. The fourth-order valence-corrected chi connectivity index (χ4v) is 2.65. The van der Waals surface area contributed by atoms with Crippen LogP contribution >= 0.6 is 0 Å². The Balaban J connectivity index is 1.83. The molecule has 1 amide bonds. The Kier molecular flexibility index (Phi) is 5.44. The summed E-state index contributed by atoms with van der Waals surface area (Å²) in [5.74, 6) is -0.557. The van der Waals surface area contributed by atoms with E-state index >= 15 is 0 Å².